The van der Waals surface area contributed by atoms with Gasteiger partial charge in [-0.1, -0.05) is 12.1 Å². The number of nitrogens with zero attached hydrogens (tertiary/aromatic N) is 1. The Bertz CT molecular complexity index is 317. The lowest BCUT2D eigenvalue weighted by atomic mass is 10.1. The first-order valence-corrected chi connectivity index (χ1v) is 4.14. The minimum atomic E-state index is -1.38. The summed E-state index contributed by atoms with van der Waals surface area (Å²) < 4.78 is 0. The van der Waals surface area contributed by atoms with Crippen molar-refractivity contribution in [3.8, 4) is 6.07 Å². The van der Waals surface area contributed by atoms with Gasteiger partial charge in [0.2, 0.25) is 0 Å². The van der Waals surface area contributed by atoms with Gasteiger partial charge in [-0.3, -0.25) is 0 Å². The van der Waals surface area contributed by atoms with Gasteiger partial charge in [-0.25, -0.2) is 0 Å². The standard InChI is InChI=1S/C9H9NO2S/c10-5-8(11)9(12)6-1-3-7(13)4-2-6/h1-4,8-9,11-13H. The summed E-state index contributed by atoms with van der Waals surface area (Å²) in [6.07, 6.45) is -2.54. The van der Waals surface area contributed by atoms with E-state index in [1.165, 1.54) is 0 Å². The van der Waals surface area contributed by atoms with Crippen LogP contribution in [0.2, 0.25) is 0 Å². The van der Waals surface area contributed by atoms with E-state index in [-0.39, 0.29) is 0 Å². The van der Waals surface area contributed by atoms with Gasteiger partial charge in [0.05, 0.1) is 6.07 Å². The van der Waals surface area contributed by atoms with Crippen LogP contribution >= 0.6 is 12.6 Å². The Morgan fingerprint density at radius 2 is 1.77 bits per heavy atom. The minimum Gasteiger partial charge on any atom is -0.385 e. The third-order valence-corrected chi connectivity index (χ3v) is 1.96. The summed E-state index contributed by atoms with van der Waals surface area (Å²) >= 11 is 4.07. The summed E-state index contributed by atoms with van der Waals surface area (Å²) in [7, 11) is 0. The molecule has 0 saturated carbocycles. The van der Waals surface area contributed by atoms with Gasteiger partial charge in [0, 0.05) is 4.90 Å². The number of hydrogen-bond donors (Lipinski definition) is 3. The molecule has 3 nitrogen and oxygen atoms in total. The number of thiol groups is 1. The summed E-state index contributed by atoms with van der Waals surface area (Å²) in [6, 6.07) is 8.17. The third kappa shape index (κ3) is 2.46. The van der Waals surface area contributed by atoms with Crippen LogP contribution in [0.3, 0.4) is 0 Å². The van der Waals surface area contributed by atoms with Crippen LogP contribution in [0.4, 0.5) is 0 Å². The molecule has 2 unspecified atom stereocenters. The zero-order chi connectivity index (χ0) is 9.84. The normalized spacial score (nSPS) is 14.6. The van der Waals surface area contributed by atoms with E-state index in [0.717, 1.165) is 4.90 Å². The lowest BCUT2D eigenvalue weighted by Crippen LogP contribution is -2.15. The quantitative estimate of drug-likeness (QED) is 0.485. The van der Waals surface area contributed by atoms with E-state index in [9.17, 15) is 5.11 Å². The van der Waals surface area contributed by atoms with Crippen molar-refractivity contribution in [2.45, 2.75) is 17.1 Å². The van der Waals surface area contributed by atoms with Crippen molar-refractivity contribution in [1.82, 2.24) is 0 Å². The van der Waals surface area contributed by atoms with Crippen LogP contribution in [0, 0.1) is 11.3 Å². The molecular weight excluding hydrogens is 186 g/mol. The number of aliphatic hydroxyl groups excluding tert-OH is 2. The van der Waals surface area contributed by atoms with Crippen LogP contribution in [-0.2, 0) is 0 Å². The van der Waals surface area contributed by atoms with Crippen molar-refractivity contribution < 1.29 is 10.2 Å². The minimum absolute atomic E-state index is 0.506. The smallest absolute Gasteiger partial charge is 0.170 e. The fourth-order valence-corrected chi connectivity index (χ4v) is 1.07. The Balaban J connectivity index is 2.84. The molecule has 0 radical (unpaired) electrons. The Kier molecular flexibility index (Phi) is 3.32. The molecule has 0 fully saturated rings. The Labute approximate surface area is 81.7 Å². The molecule has 0 saturated heterocycles. The molecule has 0 aliphatic heterocycles. The summed E-state index contributed by atoms with van der Waals surface area (Å²) in [5.41, 5.74) is 0.506. The second kappa shape index (κ2) is 4.28. The predicted octanol–water partition coefficient (Wildman–Crippen LogP) is 0.893. The number of aliphatic hydroxyl groups is 2. The third-order valence-electron chi connectivity index (χ3n) is 1.67. The number of rotatable bonds is 2. The van der Waals surface area contributed by atoms with E-state index >= 15 is 0 Å². The summed E-state index contributed by atoms with van der Waals surface area (Å²) in [5.74, 6) is 0. The predicted molar refractivity (Wildman–Crippen MR) is 50.3 cm³/mol. The molecule has 0 spiro atoms. The summed E-state index contributed by atoms with van der Waals surface area (Å²) in [5, 5.41) is 26.7. The molecule has 1 aromatic carbocycles. The molecule has 0 aromatic heterocycles. The van der Waals surface area contributed by atoms with Crippen molar-refractivity contribution in [3.63, 3.8) is 0 Å². The molecule has 0 bridgehead atoms. The van der Waals surface area contributed by atoms with Gasteiger partial charge < -0.3 is 10.2 Å². The molecule has 0 heterocycles. The van der Waals surface area contributed by atoms with E-state index in [1.807, 2.05) is 0 Å². The molecule has 4 heteroatoms. The Hall–Kier alpha value is -1.02. The fourth-order valence-electron chi connectivity index (χ4n) is 0.924. The van der Waals surface area contributed by atoms with Crippen LogP contribution in [-0.4, -0.2) is 16.3 Å². The first-order valence-electron chi connectivity index (χ1n) is 3.70. The first-order chi connectivity index (χ1) is 6.15. The van der Waals surface area contributed by atoms with Crippen molar-refractivity contribution >= 4 is 12.6 Å². The maximum Gasteiger partial charge on any atom is 0.170 e. The van der Waals surface area contributed by atoms with E-state index in [2.05, 4.69) is 12.6 Å². The maximum absolute atomic E-state index is 9.38. The molecule has 2 atom stereocenters. The zero-order valence-corrected chi connectivity index (χ0v) is 7.65. The molecule has 0 aliphatic carbocycles. The van der Waals surface area contributed by atoms with Gasteiger partial charge in [-0.05, 0) is 17.7 Å². The first kappa shape index (κ1) is 10.1. The van der Waals surface area contributed by atoms with E-state index in [4.69, 9.17) is 10.4 Å². The monoisotopic (exact) mass is 195 g/mol. The molecular formula is C9H9NO2S. The van der Waals surface area contributed by atoms with Gasteiger partial charge in [-0.15, -0.1) is 12.6 Å². The van der Waals surface area contributed by atoms with Crippen molar-refractivity contribution in [1.29, 1.82) is 5.26 Å². The number of hydrogen-bond acceptors (Lipinski definition) is 4. The van der Waals surface area contributed by atoms with Crippen LogP contribution in [0.25, 0.3) is 0 Å². The van der Waals surface area contributed by atoms with Crippen LogP contribution in [0.15, 0.2) is 29.2 Å². The number of nitriles is 1. The van der Waals surface area contributed by atoms with E-state index in [0.29, 0.717) is 5.56 Å². The van der Waals surface area contributed by atoms with Crippen molar-refractivity contribution in [2.75, 3.05) is 0 Å². The zero-order valence-electron chi connectivity index (χ0n) is 6.75. The van der Waals surface area contributed by atoms with Crippen LogP contribution in [0.5, 0.6) is 0 Å². The highest BCUT2D eigenvalue weighted by Gasteiger charge is 2.16. The topological polar surface area (TPSA) is 64.2 Å². The molecule has 68 valence electrons. The lowest BCUT2D eigenvalue weighted by Gasteiger charge is -2.11. The highest BCUT2D eigenvalue weighted by molar-refractivity contribution is 7.80. The SMILES string of the molecule is N#CC(O)C(O)c1ccc(S)cc1. The highest BCUT2D eigenvalue weighted by Crippen LogP contribution is 2.18. The van der Waals surface area contributed by atoms with E-state index in [1.54, 1.807) is 30.3 Å². The average Bonchev–Trinajstić information content (AvgIpc) is 2.17. The molecule has 0 aliphatic rings. The van der Waals surface area contributed by atoms with Crippen molar-refractivity contribution in [2.24, 2.45) is 0 Å². The maximum atomic E-state index is 9.38. The second-order valence-corrected chi connectivity index (χ2v) is 3.13. The molecule has 2 N–H and O–H groups in total. The second-order valence-electron chi connectivity index (χ2n) is 2.61. The average molecular weight is 195 g/mol. The van der Waals surface area contributed by atoms with Crippen LogP contribution < -0.4 is 0 Å². The molecule has 0 amide bonds. The van der Waals surface area contributed by atoms with Crippen LogP contribution in [0.1, 0.15) is 11.7 Å². The Morgan fingerprint density at radius 1 is 1.23 bits per heavy atom. The summed E-state index contributed by atoms with van der Waals surface area (Å²) in [4.78, 5) is 0.766. The fraction of sp³-hybridized carbons (Fsp3) is 0.222. The van der Waals surface area contributed by atoms with Gasteiger partial charge in [0.15, 0.2) is 6.10 Å². The molecule has 1 rings (SSSR count). The lowest BCUT2D eigenvalue weighted by molar-refractivity contribution is 0.0527. The van der Waals surface area contributed by atoms with Crippen molar-refractivity contribution in [3.05, 3.63) is 29.8 Å². The van der Waals surface area contributed by atoms with Gasteiger partial charge >= 0.3 is 0 Å². The van der Waals surface area contributed by atoms with Gasteiger partial charge in [0.25, 0.3) is 0 Å². The Morgan fingerprint density at radius 3 is 2.23 bits per heavy atom. The van der Waals surface area contributed by atoms with E-state index < -0.39 is 12.2 Å². The van der Waals surface area contributed by atoms with Gasteiger partial charge in [-0.2, -0.15) is 5.26 Å². The van der Waals surface area contributed by atoms with Gasteiger partial charge in [0.1, 0.15) is 6.10 Å². The molecule has 13 heavy (non-hydrogen) atoms. The largest absolute Gasteiger partial charge is 0.385 e. The number of benzene rings is 1. The summed E-state index contributed by atoms with van der Waals surface area (Å²) in [6.45, 7) is 0. The highest BCUT2D eigenvalue weighted by atomic mass is 32.1. The molecule has 1 aromatic rings.